The Morgan fingerprint density at radius 3 is 2.57 bits per heavy atom. The zero-order chi connectivity index (χ0) is 32.8. The van der Waals surface area contributed by atoms with Crippen LogP contribution in [0.3, 0.4) is 0 Å². The highest BCUT2D eigenvalue weighted by Gasteiger charge is 2.40. The van der Waals surface area contributed by atoms with E-state index in [1.807, 2.05) is 30.3 Å². The number of ketones is 1. The Hall–Kier alpha value is -4.58. The molecule has 2 saturated heterocycles. The summed E-state index contributed by atoms with van der Waals surface area (Å²) in [5.41, 5.74) is 4.36. The molecule has 12 heteroatoms. The van der Waals surface area contributed by atoms with Crippen molar-refractivity contribution in [2.45, 2.75) is 51.0 Å². The molecule has 2 aromatic heterocycles. The maximum atomic E-state index is 14.6. The molecule has 1 N–H and O–H groups in total. The molecular weight excluding hydrogens is 667 g/mol. The van der Waals surface area contributed by atoms with Gasteiger partial charge in [0.1, 0.15) is 40.6 Å². The van der Waals surface area contributed by atoms with Gasteiger partial charge in [-0.25, -0.2) is 9.37 Å². The Bertz CT molecular complexity index is 1910. The van der Waals surface area contributed by atoms with E-state index in [0.717, 1.165) is 36.4 Å². The predicted octanol–water partition coefficient (Wildman–Crippen LogP) is 5.66. The van der Waals surface area contributed by atoms with Gasteiger partial charge in [-0.1, -0.05) is 18.2 Å². The van der Waals surface area contributed by atoms with Crippen LogP contribution in [-0.2, 0) is 16.1 Å². The van der Waals surface area contributed by atoms with E-state index in [2.05, 4.69) is 54.4 Å². The summed E-state index contributed by atoms with van der Waals surface area (Å²) in [6.07, 6.45) is 3.03. The standard InChI is InChI=1S/C35H34BrFN6O4/c1-20(44)34-28-14-21(27-16-25-8-6-22(27)17-41(25)24-9-11-26(47-2)12-10-24)7-13-29(28)43(40-34)19-33(45)42-18-23(37)15-30(42)35(46)39-32-5-3-4-31(36)38-32/h3-5,7,9-14,16,22-23,25,30H,6,8,15,17-19H2,1-2H3,(H,38,39,46)/t22-,23+,25-,30-/m0/s1. The molecule has 2 amide bonds. The molecule has 0 saturated carbocycles. The lowest BCUT2D eigenvalue weighted by atomic mass is 9.76. The maximum Gasteiger partial charge on any atom is 0.248 e. The first-order valence-electron chi connectivity index (χ1n) is 15.7. The second-order valence-corrected chi connectivity index (χ2v) is 13.2. The second kappa shape index (κ2) is 12.6. The van der Waals surface area contributed by atoms with Crippen LogP contribution in [0.4, 0.5) is 15.9 Å². The third kappa shape index (κ3) is 6.02. The molecule has 1 aliphatic carbocycles. The van der Waals surface area contributed by atoms with Gasteiger partial charge in [-0.2, -0.15) is 5.10 Å². The van der Waals surface area contributed by atoms with Gasteiger partial charge in [0, 0.05) is 42.9 Å². The first-order valence-corrected chi connectivity index (χ1v) is 16.5. The second-order valence-electron chi connectivity index (χ2n) is 12.3. The number of Topliss-reactive ketones (excluding diaryl/α,β-unsaturated/α-hetero) is 1. The molecule has 8 rings (SSSR count). The number of carbonyl (C=O) groups excluding carboxylic acids is 3. The molecular formula is C35H34BrFN6O4. The van der Waals surface area contributed by atoms with Crippen LogP contribution in [0, 0.1) is 5.92 Å². The summed E-state index contributed by atoms with van der Waals surface area (Å²) >= 11 is 3.27. The molecule has 2 fully saturated rings. The van der Waals surface area contributed by atoms with E-state index in [-0.39, 0.29) is 37.0 Å². The fourth-order valence-corrected chi connectivity index (χ4v) is 7.46. The summed E-state index contributed by atoms with van der Waals surface area (Å²) < 4.78 is 22.0. The number of anilines is 2. The lowest BCUT2D eigenvalue weighted by molar-refractivity contribution is -0.137. The molecule has 0 unspecified atom stereocenters. The van der Waals surface area contributed by atoms with Gasteiger partial charge < -0.3 is 19.9 Å². The van der Waals surface area contributed by atoms with E-state index < -0.39 is 24.0 Å². The molecule has 2 aromatic carbocycles. The zero-order valence-corrected chi connectivity index (χ0v) is 27.6. The van der Waals surface area contributed by atoms with Gasteiger partial charge in [0.05, 0.1) is 19.2 Å². The van der Waals surface area contributed by atoms with Gasteiger partial charge in [-0.15, -0.1) is 0 Å². The number of piperidine rings is 1. The van der Waals surface area contributed by atoms with Gasteiger partial charge in [0.25, 0.3) is 0 Å². The fraction of sp³-hybridized carbons (Fsp3) is 0.343. The number of amides is 2. The molecule has 4 aliphatic rings. The summed E-state index contributed by atoms with van der Waals surface area (Å²) in [6, 6.07) is 18.4. The summed E-state index contributed by atoms with van der Waals surface area (Å²) in [4.78, 5) is 47.3. The quantitative estimate of drug-likeness (QED) is 0.187. The Balaban J connectivity index is 1.13. The number of pyridine rings is 1. The molecule has 4 atom stereocenters. The van der Waals surface area contributed by atoms with Crippen molar-refractivity contribution < 1.29 is 23.5 Å². The van der Waals surface area contributed by atoms with E-state index in [1.165, 1.54) is 22.1 Å². The monoisotopic (exact) mass is 700 g/mol. The van der Waals surface area contributed by atoms with Gasteiger partial charge in [0.15, 0.2) is 5.78 Å². The molecule has 3 aliphatic heterocycles. The first-order chi connectivity index (χ1) is 22.7. The number of aromatic nitrogens is 3. The lowest BCUT2D eigenvalue weighted by Gasteiger charge is -2.46. The Kier molecular flexibility index (Phi) is 8.29. The molecule has 4 aromatic rings. The van der Waals surface area contributed by atoms with Crippen LogP contribution in [0.2, 0.25) is 0 Å². The smallest absolute Gasteiger partial charge is 0.248 e. The third-order valence-corrected chi connectivity index (χ3v) is 9.83. The third-order valence-electron chi connectivity index (χ3n) is 9.39. The van der Waals surface area contributed by atoms with Crippen molar-refractivity contribution in [2.75, 3.05) is 30.4 Å². The SMILES string of the molecule is COc1ccc(N2C[C@@H]3CC[C@H]2C=C3c2ccc3c(c2)c(C(C)=O)nn3CC(=O)N2C[C@H](F)C[C@H]2C(=O)Nc2cccc(Br)n2)cc1. The van der Waals surface area contributed by atoms with Crippen LogP contribution in [-0.4, -0.2) is 75.7 Å². The highest BCUT2D eigenvalue weighted by Crippen LogP contribution is 2.42. The minimum atomic E-state index is -1.34. The molecule has 0 radical (unpaired) electrons. The normalized spacial score (nSPS) is 22.0. The molecule has 10 nitrogen and oxygen atoms in total. The zero-order valence-electron chi connectivity index (χ0n) is 26.0. The molecule has 2 bridgehead atoms. The number of nitrogens with zero attached hydrogens (tertiary/aromatic N) is 5. The van der Waals surface area contributed by atoms with Crippen LogP contribution < -0.4 is 15.0 Å². The number of benzene rings is 2. The summed E-state index contributed by atoms with van der Waals surface area (Å²) in [5, 5.41) is 7.89. The maximum absolute atomic E-state index is 14.6. The number of carbonyl (C=O) groups is 3. The minimum Gasteiger partial charge on any atom is -0.497 e. The van der Waals surface area contributed by atoms with Crippen LogP contribution in [0.1, 0.15) is 42.2 Å². The number of likely N-dealkylation sites (tertiary alicyclic amines) is 1. The predicted molar refractivity (Wildman–Crippen MR) is 180 cm³/mol. The number of ether oxygens (including phenoxy) is 1. The van der Waals surface area contributed by atoms with E-state index in [9.17, 15) is 18.8 Å². The Labute approximate surface area is 279 Å². The number of hydrogen-bond acceptors (Lipinski definition) is 7. The number of fused-ring (bicyclic) bond motifs is 3. The van der Waals surface area contributed by atoms with Crippen molar-refractivity contribution in [1.82, 2.24) is 19.7 Å². The van der Waals surface area contributed by atoms with E-state index >= 15 is 0 Å². The van der Waals surface area contributed by atoms with Gasteiger partial charge in [0.2, 0.25) is 11.8 Å². The van der Waals surface area contributed by atoms with Crippen LogP contribution in [0.15, 0.2) is 71.3 Å². The largest absolute Gasteiger partial charge is 0.497 e. The average molecular weight is 702 g/mol. The van der Waals surface area contributed by atoms with Crippen molar-refractivity contribution in [1.29, 1.82) is 0 Å². The topological polar surface area (TPSA) is 110 Å². The van der Waals surface area contributed by atoms with Gasteiger partial charge >= 0.3 is 0 Å². The van der Waals surface area contributed by atoms with Crippen molar-refractivity contribution >= 4 is 61.5 Å². The van der Waals surface area contributed by atoms with Crippen LogP contribution in [0.5, 0.6) is 5.75 Å². The van der Waals surface area contributed by atoms with Gasteiger partial charge in [-0.05, 0) is 88.4 Å². The molecule has 0 spiro atoms. The van der Waals surface area contributed by atoms with Crippen molar-refractivity contribution in [2.24, 2.45) is 5.92 Å². The summed E-state index contributed by atoms with van der Waals surface area (Å²) in [5.74, 6) is 0.276. The summed E-state index contributed by atoms with van der Waals surface area (Å²) in [7, 11) is 1.66. The van der Waals surface area contributed by atoms with E-state index in [0.29, 0.717) is 27.2 Å². The van der Waals surface area contributed by atoms with Crippen LogP contribution in [0.25, 0.3) is 16.5 Å². The number of rotatable bonds is 8. The number of alkyl halides is 1. The fourth-order valence-electron chi connectivity index (χ4n) is 7.12. The average Bonchev–Trinajstić information content (AvgIpc) is 3.65. The number of nitrogens with one attached hydrogen (secondary N) is 1. The van der Waals surface area contributed by atoms with Crippen molar-refractivity contribution in [3.63, 3.8) is 0 Å². The Morgan fingerprint density at radius 2 is 1.87 bits per heavy atom. The number of halogens is 2. The number of methoxy groups -OCH3 is 1. The Morgan fingerprint density at radius 1 is 1.06 bits per heavy atom. The molecule has 242 valence electrons. The van der Waals surface area contributed by atoms with Gasteiger partial charge in [-0.3, -0.25) is 19.1 Å². The molecule has 47 heavy (non-hydrogen) atoms. The van der Waals surface area contributed by atoms with Crippen LogP contribution >= 0.6 is 15.9 Å². The minimum absolute atomic E-state index is 0.110. The van der Waals surface area contributed by atoms with E-state index in [1.54, 1.807) is 25.3 Å². The van der Waals surface area contributed by atoms with Crippen molar-refractivity contribution in [3.8, 4) is 5.75 Å². The molecule has 5 heterocycles. The first kappa shape index (κ1) is 31.0. The highest BCUT2D eigenvalue weighted by atomic mass is 79.9. The van der Waals surface area contributed by atoms with Crippen molar-refractivity contribution in [3.05, 3.63) is 82.6 Å². The lowest BCUT2D eigenvalue weighted by Crippen LogP contribution is -2.46. The number of hydrogen-bond donors (Lipinski definition) is 1. The summed E-state index contributed by atoms with van der Waals surface area (Å²) in [6.45, 7) is 1.92. The van der Waals surface area contributed by atoms with E-state index in [4.69, 9.17) is 4.74 Å². The highest BCUT2D eigenvalue weighted by molar-refractivity contribution is 9.10.